The molecule has 0 spiro atoms. The van der Waals surface area contributed by atoms with Gasteiger partial charge in [0.25, 0.3) is 0 Å². The maximum absolute atomic E-state index is 12.2. The molecule has 0 aromatic heterocycles. The van der Waals surface area contributed by atoms with Crippen LogP contribution in [0, 0.1) is 5.92 Å². The van der Waals surface area contributed by atoms with Gasteiger partial charge in [0.15, 0.2) is 6.29 Å². The summed E-state index contributed by atoms with van der Waals surface area (Å²) >= 11 is 0. The molecule has 2 unspecified atom stereocenters. The predicted molar refractivity (Wildman–Crippen MR) is 67.6 cm³/mol. The summed E-state index contributed by atoms with van der Waals surface area (Å²) in [4.78, 5) is 12.2. The van der Waals surface area contributed by atoms with E-state index in [-0.39, 0.29) is 28.5 Å². The van der Waals surface area contributed by atoms with Crippen LogP contribution in [0.1, 0.15) is 38.5 Å². The van der Waals surface area contributed by atoms with E-state index < -0.39 is 10.8 Å². The number of carbonyl (C=O) groups is 1. The summed E-state index contributed by atoms with van der Waals surface area (Å²) in [7, 11) is -0.692. The van der Waals surface area contributed by atoms with Crippen LogP contribution in [0.3, 0.4) is 0 Å². The summed E-state index contributed by atoms with van der Waals surface area (Å²) in [5, 5.41) is 0.522. The fourth-order valence-corrected chi connectivity index (χ4v) is 5.54. The molecule has 0 N–H and O–H groups in total. The van der Waals surface area contributed by atoms with E-state index in [1.165, 1.54) is 6.42 Å². The van der Waals surface area contributed by atoms with E-state index in [1.807, 2.05) is 0 Å². The number of Topliss-reactive ketones (excluding diaryl/α,β-unsaturated/α-hetero) is 1. The molecule has 18 heavy (non-hydrogen) atoms. The standard InChI is InChI=1S/C13H20O4S/c14-12(8-13-16-4-5-17-13)9-6-10-2-1-3-11(7-9)18(10)15/h9-11,13H,1-8H2. The van der Waals surface area contributed by atoms with Crippen molar-refractivity contribution >= 4 is 16.6 Å². The Kier molecular flexibility index (Phi) is 3.82. The highest BCUT2D eigenvalue weighted by Crippen LogP contribution is 2.37. The van der Waals surface area contributed by atoms with Crippen LogP contribution in [0.5, 0.6) is 0 Å². The van der Waals surface area contributed by atoms with Gasteiger partial charge in [0.05, 0.1) is 19.6 Å². The lowest BCUT2D eigenvalue weighted by atomic mass is 9.85. The lowest BCUT2D eigenvalue weighted by molar-refractivity contribution is -0.131. The minimum atomic E-state index is -0.692. The van der Waals surface area contributed by atoms with Crippen molar-refractivity contribution in [3.8, 4) is 0 Å². The van der Waals surface area contributed by atoms with Gasteiger partial charge < -0.3 is 9.47 Å². The summed E-state index contributed by atoms with van der Waals surface area (Å²) in [5.74, 6) is 0.335. The van der Waals surface area contributed by atoms with Gasteiger partial charge in [-0.05, 0) is 25.7 Å². The van der Waals surface area contributed by atoms with E-state index >= 15 is 0 Å². The van der Waals surface area contributed by atoms with Crippen molar-refractivity contribution in [1.82, 2.24) is 0 Å². The zero-order valence-electron chi connectivity index (χ0n) is 10.5. The molecular weight excluding hydrogens is 252 g/mol. The lowest BCUT2D eigenvalue weighted by Gasteiger charge is -2.37. The highest BCUT2D eigenvalue weighted by atomic mass is 32.2. The summed E-state index contributed by atoms with van der Waals surface area (Å²) in [6, 6.07) is 0. The highest BCUT2D eigenvalue weighted by Gasteiger charge is 2.40. The van der Waals surface area contributed by atoms with Crippen LogP contribution in [0.2, 0.25) is 0 Å². The highest BCUT2D eigenvalue weighted by molar-refractivity contribution is 7.86. The molecule has 3 heterocycles. The van der Waals surface area contributed by atoms with Crippen molar-refractivity contribution in [3.05, 3.63) is 0 Å². The second-order valence-electron chi connectivity index (χ2n) is 5.51. The Bertz CT molecular complexity index is 335. The van der Waals surface area contributed by atoms with E-state index in [0.29, 0.717) is 19.6 Å². The van der Waals surface area contributed by atoms with E-state index in [1.54, 1.807) is 0 Å². The van der Waals surface area contributed by atoms with Gasteiger partial charge in [-0.3, -0.25) is 9.00 Å². The number of ether oxygens (including phenoxy) is 2. The Hall–Kier alpha value is -0.260. The first kappa shape index (κ1) is 12.8. The van der Waals surface area contributed by atoms with Crippen molar-refractivity contribution in [2.75, 3.05) is 13.2 Å². The first-order valence-corrected chi connectivity index (χ1v) is 8.17. The Morgan fingerprint density at radius 1 is 1.11 bits per heavy atom. The first-order valence-electron chi connectivity index (χ1n) is 6.89. The number of ketones is 1. The molecule has 2 bridgehead atoms. The lowest BCUT2D eigenvalue weighted by Crippen LogP contribution is -2.42. The largest absolute Gasteiger partial charge is 0.350 e. The van der Waals surface area contributed by atoms with Crippen molar-refractivity contribution in [3.63, 3.8) is 0 Å². The molecule has 3 rings (SSSR count). The number of rotatable bonds is 3. The third-order valence-corrected chi connectivity index (χ3v) is 6.49. The van der Waals surface area contributed by atoms with E-state index in [2.05, 4.69) is 0 Å². The van der Waals surface area contributed by atoms with Crippen molar-refractivity contribution in [2.45, 2.75) is 55.3 Å². The molecule has 3 aliphatic heterocycles. The molecule has 4 nitrogen and oxygen atoms in total. The maximum atomic E-state index is 12.2. The van der Waals surface area contributed by atoms with Gasteiger partial charge in [0.1, 0.15) is 5.78 Å². The topological polar surface area (TPSA) is 52.6 Å². The van der Waals surface area contributed by atoms with Gasteiger partial charge >= 0.3 is 0 Å². The Balaban J connectivity index is 1.59. The average molecular weight is 272 g/mol. The second kappa shape index (κ2) is 5.39. The molecule has 0 aromatic carbocycles. The molecule has 3 fully saturated rings. The van der Waals surface area contributed by atoms with E-state index in [0.717, 1.165) is 25.7 Å². The smallest absolute Gasteiger partial charge is 0.164 e. The predicted octanol–water partition coefficient (Wildman–Crippen LogP) is 1.40. The normalized spacial score (nSPS) is 40.9. The number of carbonyl (C=O) groups excluding carboxylic acids is 1. The summed E-state index contributed by atoms with van der Waals surface area (Å²) in [6.45, 7) is 1.19. The van der Waals surface area contributed by atoms with Gasteiger partial charge in [0, 0.05) is 27.2 Å². The SMILES string of the molecule is O=C(CC1OCCO1)C1CC2CCCC(C1)S2=O. The third kappa shape index (κ3) is 2.53. The number of hydrogen-bond acceptors (Lipinski definition) is 4. The van der Waals surface area contributed by atoms with E-state index in [4.69, 9.17) is 9.47 Å². The monoisotopic (exact) mass is 272 g/mol. The molecule has 0 aromatic rings. The second-order valence-corrected chi connectivity index (χ2v) is 7.50. The van der Waals surface area contributed by atoms with Gasteiger partial charge in [-0.1, -0.05) is 6.42 Å². The quantitative estimate of drug-likeness (QED) is 0.779. The van der Waals surface area contributed by atoms with Crippen LogP contribution < -0.4 is 0 Å². The van der Waals surface area contributed by atoms with Gasteiger partial charge in [-0.15, -0.1) is 0 Å². The molecule has 0 radical (unpaired) electrons. The Morgan fingerprint density at radius 3 is 2.33 bits per heavy atom. The minimum absolute atomic E-state index is 0.0887. The van der Waals surface area contributed by atoms with Gasteiger partial charge in [-0.2, -0.15) is 0 Å². The van der Waals surface area contributed by atoms with Crippen LogP contribution in [0.4, 0.5) is 0 Å². The fourth-order valence-electron chi connectivity index (χ4n) is 3.35. The van der Waals surface area contributed by atoms with Crippen molar-refractivity contribution < 1.29 is 18.5 Å². The van der Waals surface area contributed by atoms with Crippen molar-refractivity contribution in [2.24, 2.45) is 5.92 Å². The zero-order valence-corrected chi connectivity index (χ0v) is 11.3. The van der Waals surface area contributed by atoms with Crippen LogP contribution >= 0.6 is 0 Å². The molecule has 102 valence electrons. The summed E-state index contributed by atoms with van der Waals surface area (Å²) < 4.78 is 22.7. The molecule has 5 heteroatoms. The molecule has 3 saturated heterocycles. The van der Waals surface area contributed by atoms with Gasteiger partial charge in [-0.25, -0.2) is 0 Å². The zero-order chi connectivity index (χ0) is 12.5. The van der Waals surface area contributed by atoms with Crippen LogP contribution in [-0.4, -0.2) is 40.0 Å². The average Bonchev–Trinajstić information content (AvgIpc) is 2.81. The summed E-state index contributed by atoms with van der Waals surface area (Å²) in [5.41, 5.74) is 0. The van der Waals surface area contributed by atoms with Gasteiger partial charge in [0.2, 0.25) is 0 Å². The number of fused-ring (bicyclic) bond motifs is 2. The van der Waals surface area contributed by atoms with E-state index in [9.17, 15) is 9.00 Å². The Labute approximate surface area is 110 Å². The van der Waals surface area contributed by atoms with Crippen molar-refractivity contribution in [1.29, 1.82) is 0 Å². The fraction of sp³-hybridized carbons (Fsp3) is 0.923. The summed E-state index contributed by atoms with van der Waals surface area (Å²) in [6.07, 6.45) is 4.91. The minimum Gasteiger partial charge on any atom is -0.350 e. The molecule has 2 atom stereocenters. The molecule has 0 aliphatic carbocycles. The third-order valence-electron chi connectivity index (χ3n) is 4.32. The molecule has 3 aliphatic rings. The molecule has 0 saturated carbocycles. The first-order chi connectivity index (χ1) is 8.74. The van der Waals surface area contributed by atoms with Crippen LogP contribution in [-0.2, 0) is 25.1 Å². The molecular formula is C13H20O4S. The van der Waals surface area contributed by atoms with Crippen LogP contribution in [0.15, 0.2) is 0 Å². The van der Waals surface area contributed by atoms with Crippen LogP contribution in [0.25, 0.3) is 0 Å². The maximum Gasteiger partial charge on any atom is 0.164 e. The molecule has 0 amide bonds. The number of hydrogen-bond donors (Lipinski definition) is 0. The Morgan fingerprint density at radius 2 is 1.72 bits per heavy atom.